The summed E-state index contributed by atoms with van der Waals surface area (Å²) in [5, 5.41) is 2.83. The number of thiophene rings is 1. The molecule has 51 heavy (non-hydrogen) atoms. The fourth-order valence-electron chi connectivity index (χ4n) is 11.2. The maximum absolute atomic E-state index is 2.83. The molecule has 2 fully saturated rings. The van der Waals surface area contributed by atoms with E-state index < -0.39 is 0 Å². The average Bonchev–Trinajstić information content (AvgIpc) is 3.33. The van der Waals surface area contributed by atoms with Crippen LogP contribution in [0, 0.1) is 11.8 Å². The minimum atomic E-state index is 0.352. The largest absolute Gasteiger partial charge is 0.338 e. The molecule has 5 aliphatic carbocycles. The van der Waals surface area contributed by atoms with Crippen LogP contribution in [-0.4, -0.2) is 6.04 Å². The maximum Gasteiger partial charge on any atom is 0.0507 e. The van der Waals surface area contributed by atoms with Crippen molar-refractivity contribution >= 4 is 42.9 Å². The summed E-state index contributed by atoms with van der Waals surface area (Å²) < 4.78 is 2.78. The van der Waals surface area contributed by atoms with Crippen LogP contribution in [0.2, 0.25) is 0 Å². The number of nitrogens with zero attached hydrogens (tertiary/aromatic N) is 1. The summed E-state index contributed by atoms with van der Waals surface area (Å²) in [6.07, 6.45) is 23.3. The highest BCUT2D eigenvalue weighted by Crippen LogP contribution is 2.58. The number of allylic oxidation sites excluding steroid dienone is 4. The van der Waals surface area contributed by atoms with Crippen LogP contribution in [0.25, 0.3) is 53.6 Å². The van der Waals surface area contributed by atoms with E-state index in [9.17, 15) is 0 Å². The molecule has 0 radical (unpaired) electrons. The lowest BCUT2D eigenvalue weighted by molar-refractivity contribution is 0.226. The zero-order chi connectivity index (χ0) is 33.5. The van der Waals surface area contributed by atoms with Crippen molar-refractivity contribution in [1.29, 1.82) is 0 Å². The summed E-state index contributed by atoms with van der Waals surface area (Å²) in [7, 11) is 0. The summed E-state index contributed by atoms with van der Waals surface area (Å²) in [4.78, 5) is 2.83. The monoisotopic (exact) mass is 679 g/mol. The first-order valence-corrected chi connectivity index (χ1v) is 20.6. The smallest absolute Gasteiger partial charge is 0.0507 e. The number of anilines is 2. The third-order valence-electron chi connectivity index (χ3n) is 13.5. The van der Waals surface area contributed by atoms with Gasteiger partial charge in [0.05, 0.1) is 5.69 Å². The summed E-state index contributed by atoms with van der Waals surface area (Å²) >= 11 is 1.95. The normalized spacial score (nSPS) is 23.5. The van der Waals surface area contributed by atoms with Gasteiger partial charge in [-0.1, -0.05) is 136 Å². The summed E-state index contributed by atoms with van der Waals surface area (Å²) in [5.74, 6) is 2.55. The van der Waals surface area contributed by atoms with Crippen LogP contribution in [0.4, 0.5) is 11.4 Å². The lowest BCUT2D eigenvalue weighted by Gasteiger charge is -2.36. The van der Waals surface area contributed by atoms with Crippen molar-refractivity contribution in [3.8, 4) is 33.4 Å². The molecule has 2 heteroatoms. The van der Waals surface area contributed by atoms with E-state index in [1.807, 2.05) is 11.3 Å². The molecule has 0 aliphatic heterocycles. The molecule has 4 unspecified atom stereocenters. The summed E-state index contributed by atoms with van der Waals surface area (Å²) in [6.45, 7) is 0. The summed E-state index contributed by atoms with van der Waals surface area (Å²) in [5.41, 5.74) is 14.2. The highest BCUT2D eigenvalue weighted by atomic mass is 32.1. The van der Waals surface area contributed by atoms with Crippen LogP contribution in [0.15, 0.2) is 121 Å². The average molecular weight is 680 g/mol. The van der Waals surface area contributed by atoms with Gasteiger partial charge in [-0.2, -0.15) is 0 Å². The second-order valence-corrected chi connectivity index (χ2v) is 17.1. The van der Waals surface area contributed by atoms with E-state index in [-0.39, 0.29) is 0 Å². The minimum absolute atomic E-state index is 0.352. The Morgan fingerprint density at radius 2 is 1.27 bits per heavy atom. The Kier molecular flexibility index (Phi) is 7.17. The van der Waals surface area contributed by atoms with Gasteiger partial charge in [0.15, 0.2) is 0 Å². The molecule has 0 spiro atoms. The van der Waals surface area contributed by atoms with Gasteiger partial charge in [-0.25, -0.2) is 0 Å². The van der Waals surface area contributed by atoms with Gasteiger partial charge in [0.25, 0.3) is 0 Å². The second kappa shape index (κ2) is 12.1. The summed E-state index contributed by atoms with van der Waals surface area (Å²) in [6, 6.07) is 38.4. The zero-order valence-electron chi connectivity index (χ0n) is 29.4. The van der Waals surface area contributed by atoms with Crippen molar-refractivity contribution in [2.45, 2.75) is 82.1 Å². The Balaban J connectivity index is 1.12. The Bertz CT molecular complexity index is 2380. The second-order valence-electron chi connectivity index (χ2n) is 16.0. The van der Waals surface area contributed by atoms with Gasteiger partial charge < -0.3 is 4.90 Å². The molecule has 4 atom stereocenters. The molecule has 2 saturated carbocycles. The van der Waals surface area contributed by atoms with Gasteiger partial charge in [-0.05, 0) is 106 Å². The SMILES string of the molecule is C1=CC2c3cccc4c3-c3cc(N(c5cccc6sc7ccccc7c56)C5CCCC(C6CCCCC6)CC5)ccc3-c3cccc-4c3C2C=C1. The molecule has 0 saturated heterocycles. The van der Waals surface area contributed by atoms with E-state index in [0.717, 1.165) is 11.8 Å². The fraction of sp³-hybridized carbons (Fsp3) is 0.306. The topological polar surface area (TPSA) is 3.24 Å². The fourth-order valence-corrected chi connectivity index (χ4v) is 12.3. The Morgan fingerprint density at radius 3 is 2.20 bits per heavy atom. The minimum Gasteiger partial charge on any atom is -0.338 e. The molecule has 6 bridgehead atoms. The third kappa shape index (κ3) is 4.71. The molecular weight excluding hydrogens is 635 g/mol. The van der Waals surface area contributed by atoms with Crippen LogP contribution in [0.1, 0.15) is 87.2 Å². The van der Waals surface area contributed by atoms with Crippen molar-refractivity contribution < 1.29 is 0 Å². The van der Waals surface area contributed by atoms with Crippen molar-refractivity contribution in [3.05, 3.63) is 132 Å². The van der Waals surface area contributed by atoms with Crippen molar-refractivity contribution in [2.24, 2.45) is 11.8 Å². The third-order valence-corrected chi connectivity index (χ3v) is 14.6. The number of benzene rings is 5. The molecule has 0 amide bonds. The van der Waals surface area contributed by atoms with Gasteiger partial charge in [-0.3, -0.25) is 0 Å². The molecule has 5 aliphatic rings. The first-order chi connectivity index (χ1) is 25.3. The molecule has 1 aromatic heterocycles. The maximum atomic E-state index is 2.83. The lowest BCUT2D eigenvalue weighted by atomic mass is 9.73. The molecule has 0 N–H and O–H groups in total. The molecule has 11 rings (SSSR count). The first-order valence-electron chi connectivity index (χ1n) is 19.8. The Labute approximate surface area is 306 Å². The van der Waals surface area contributed by atoms with Gasteiger partial charge in [0.2, 0.25) is 0 Å². The highest BCUT2D eigenvalue weighted by Gasteiger charge is 2.38. The van der Waals surface area contributed by atoms with E-state index >= 15 is 0 Å². The number of hydrogen-bond donors (Lipinski definition) is 0. The Morgan fingerprint density at radius 1 is 0.529 bits per heavy atom. The van der Waals surface area contributed by atoms with Crippen LogP contribution in [0.3, 0.4) is 0 Å². The number of fused-ring (bicyclic) bond motifs is 7. The van der Waals surface area contributed by atoms with E-state index in [2.05, 4.69) is 126 Å². The Hall–Kier alpha value is -4.40. The van der Waals surface area contributed by atoms with Crippen LogP contribution < -0.4 is 4.90 Å². The van der Waals surface area contributed by atoms with Crippen molar-refractivity contribution in [2.75, 3.05) is 4.90 Å². The van der Waals surface area contributed by atoms with Crippen molar-refractivity contribution in [1.82, 2.24) is 0 Å². The van der Waals surface area contributed by atoms with Crippen LogP contribution in [-0.2, 0) is 0 Å². The molecule has 1 heterocycles. The zero-order valence-corrected chi connectivity index (χ0v) is 30.2. The van der Waals surface area contributed by atoms with E-state index in [4.69, 9.17) is 0 Å². The van der Waals surface area contributed by atoms with Gasteiger partial charge in [0, 0.05) is 43.7 Å². The molecule has 1 nitrogen and oxygen atoms in total. The van der Waals surface area contributed by atoms with E-state index in [1.54, 1.807) is 0 Å². The number of rotatable bonds is 4. The van der Waals surface area contributed by atoms with Crippen LogP contribution in [0.5, 0.6) is 0 Å². The van der Waals surface area contributed by atoms with E-state index in [1.165, 1.54) is 140 Å². The van der Waals surface area contributed by atoms with Crippen LogP contribution >= 0.6 is 11.3 Å². The van der Waals surface area contributed by atoms with Crippen molar-refractivity contribution in [3.63, 3.8) is 0 Å². The van der Waals surface area contributed by atoms with E-state index in [0.29, 0.717) is 17.9 Å². The van der Waals surface area contributed by atoms with Gasteiger partial charge >= 0.3 is 0 Å². The highest BCUT2D eigenvalue weighted by molar-refractivity contribution is 7.26. The van der Waals surface area contributed by atoms with Gasteiger partial charge in [0.1, 0.15) is 0 Å². The predicted octanol–water partition coefficient (Wildman–Crippen LogP) is 14.3. The molecule has 252 valence electrons. The molecule has 5 aromatic carbocycles. The lowest BCUT2D eigenvalue weighted by Crippen LogP contribution is -2.31. The standard InChI is InChI=1S/C49H45NS/c1-2-12-31(13-3-1)32-14-8-15-33(27-26-32)50(44-23-11-25-46-49(44)42-18-6-7-24-45(42)51-46)34-28-29-36-39-20-10-21-40-41-22-9-19-38(48(41)43(36)30-34)35-16-4-5-17-37(35)47(39)40/h4-7,9-11,16-25,28-33,35,37H,1-3,8,12-15,26-27H2. The number of hydrogen-bond acceptors (Lipinski definition) is 2. The molecular formula is C49H45NS. The first kappa shape index (κ1) is 30.2. The quantitative estimate of drug-likeness (QED) is 0.167. The van der Waals surface area contributed by atoms with Gasteiger partial charge in [-0.15, -0.1) is 11.3 Å². The predicted molar refractivity (Wildman–Crippen MR) is 218 cm³/mol. The molecule has 6 aromatic rings.